The summed E-state index contributed by atoms with van der Waals surface area (Å²) in [5.74, 6) is -1.05. The molecule has 0 spiro atoms. The van der Waals surface area contributed by atoms with Crippen LogP contribution < -0.4 is 5.32 Å². The summed E-state index contributed by atoms with van der Waals surface area (Å²) in [6.45, 7) is 5.17. The molecule has 0 fully saturated rings. The molecule has 1 heterocycles. The molecular weight excluding hydrogens is 230 g/mol. The van der Waals surface area contributed by atoms with Crippen molar-refractivity contribution in [1.29, 1.82) is 0 Å². The van der Waals surface area contributed by atoms with Crippen LogP contribution >= 0.6 is 0 Å². The van der Waals surface area contributed by atoms with E-state index >= 15 is 0 Å². The molecule has 1 N–H and O–H groups in total. The molecule has 1 aromatic rings. The van der Waals surface area contributed by atoms with E-state index in [1.54, 1.807) is 31.2 Å². The minimum absolute atomic E-state index is 0.427. The molecule has 1 atom stereocenters. The Hall–Kier alpha value is -2.32. The highest BCUT2D eigenvalue weighted by Gasteiger charge is 2.55. The number of anilines is 1. The maximum absolute atomic E-state index is 12.3. The fraction of sp³-hybridized carbons (Fsp3) is 0.214. The fourth-order valence-electron chi connectivity index (χ4n) is 2.27. The summed E-state index contributed by atoms with van der Waals surface area (Å²) >= 11 is 0. The number of nitrogens with one attached hydrogen (secondary N) is 1. The second-order valence-electron chi connectivity index (χ2n) is 4.04. The molecule has 18 heavy (non-hydrogen) atoms. The van der Waals surface area contributed by atoms with Crippen LogP contribution in [0.2, 0.25) is 0 Å². The molecule has 1 unspecified atom stereocenters. The molecule has 1 aliphatic heterocycles. The van der Waals surface area contributed by atoms with E-state index in [0.717, 1.165) is 0 Å². The summed E-state index contributed by atoms with van der Waals surface area (Å²) in [5.41, 5.74) is 2.79. The van der Waals surface area contributed by atoms with Crippen molar-refractivity contribution in [2.75, 3.05) is 12.4 Å². The quantitative estimate of drug-likeness (QED) is 0.489. The van der Waals surface area contributed by atoms with E-state index in [-0.39, 0.29) is 0 Å². The Morgan fingerprint density at radius 2 is 2.11 bits per heavy atom. The standard InChI is InChI=1S/C14H13NO3/c1-4-9(2)14(13(17)18-3)10-7-5-6-8-11(10)15-12(14)16/h5-8H,1H2,2-3H3,(H,15,16). The normalized spacial score (nSPS) is 20.7. The number of fused-ring (bicyclic) bond motifs is 1. The summed E-state index contributed by atoms with van der Waals surface area (Å²) in [6, 6.07) is 7.03. The summed E-state index contributed by atoms with van der Waals surface area (Å²) < 4.78 is 4.80. The average Bonchev–Trinajstić information content (AvgIpc) is 2.70. The highest BCUT2D eigenvalue weighted by Crippen LogP contribution is 2.43. The molecule has 0 aromatic heterocycles. The van der Waals surface area contributed by atoms with E-state index in [0.29, 0.717) is 16.8 Å². The predicted molar refractivity (Wildman–Crippen MR) is 67.1 cm³/mol. The van der Waals surface area contributed by atoms with Crippen LogP contribution in [-0.4, -0.2) is 19.0 Å². The first-order chi connectivity index (χ1) is 8.58. The smallest absolute Gasteiger partial charge is 0.330 e. The number of benzene rings is 1. The van der Waals surface area contributed by atoms with Crippen molar-refractivity contribution in [2.24, 2.45) is 0 Å². The highest BCUT2D eigenvalue weighted by atomic mass is 16.5. The first-order valence-corrected chi connectivity index (χ1v) is 5.45. The average molecular weight is 243 g/mol. The number of para-hydroxylation sites is 1. The number of esters is 1. The topological polar surface area (TPSA) is 55.4 Å². The van der Waals surface area contributed by atoms with Crippen molar-refractivity contribution in [2.45, 2.75) is 12.3 Å². The number of ether oxygens (including phenoxy) is 1. The summed E-state index contributed by atoms with van der Waals surface area (Å²) in [4.78, 5) is 24.4. The van der Waals surface area contributed by atoms with Gasteiger partial charge in [-0.3, -0.25) is 9.59 Å². The Labute approximate surface area is 105 Å². The van der Waals surface area contributed by atoms with Crippen LogP contribution in [0, 0.1) is 0 Å². The van der Waals surface area contributed by atoms with Gasteiger partial charge in [-0.15, -0.1) is 5.73 Å². The molecule has 92 valence electrons. The van der Waals surface area contributed by atoms with Gasteiger partial charge in [0.1, 0.15) is 0 Å². The van der Waals surface area contributed by atoms with Crippen molar-refractivity contribution in [1.82, 2.24) is 0 Å². The highest BCUT2D eigenvalue weighted by molar-refractivity contribution is 6.21. The molecule has 1 aromatic carbocycles. The van der Waals surface area contributed by atoms with Gasteiger partial charge in [0.2, 0.25) is 5.41 Å². The van der Waals surface area contributed by atoms with E-state index < -0.39 is 17.3 Å². The van der Waals surface area contributed by atoms with Gasteiger partial charge in [0.15, 0.2) is 0 Å². The zero-order chi connectivity index (χ0) is 13.3. The molecule has 4 nitrogen and oxygen atoms in total. The van der Waals surface area contributed by atoms with E-state index in [4.69, 9.17) is 4.74 Å². The van der Waals surface area contributed by atoms with Gasteiger partial charge in [-0.25, -0.2) is 0 Å². The molecule has 0 aliphatic carbocycles. The molecule has 4 heteroatoms. The number of hydrogen-bond acceptors (Lipinski definition) is 3. The molecular formula is C14H13NO3. The minimum atomic E-state index is -1.47. The third-order valence-corrected chi connectivity index (χ3v) is 3.24. The van der Waals surface area contributed by atoms with Crippen molar-refractivity contribution in [3.63, 3.8) is 0 Å². The summed E-state index contributed by atoms with van der Waals surface area (Å²) in [7, 11) is 1.26. The second kappa shape index (κ2) is 4.17. The largest absolute Gasteiger partial charge is 0.468 e. The minimum Gasteiger partial charge on any atom is -0.468 e. The Balaban J connectivity index is 2.80. The van der Waals surface area contributed by atoms with Gasteiger partial charge >= 0.3 is 5.97 Å². The lowest BCUT2D eigenvalue weighted by atomic mass is 9.76. The maximum atomic E-state index is 12.3. The number of carbonyl (C=O) groups is 2. The van der Waals surface area contributed by atoms with Crippen molar-refractivity contribution < 1.29 is 14.3 Å². The molecule has 2 rings (SSSR count). The van der Waals surface area contributed by atoms with Gasteiger partial charge in [0, 0.05) is 11.3 Å². The van der Waals surface area contributed by atoms with E-state index in [1.807, 2.05) is 0 Å². The Morgan fingerprint density at radius 3 is 2.72 bits per heavy atom. The fourth-order valence-corrected chi connectivity index (χ4v) is 2.27. The monoisotopic (exact) mass is 243 g/mol. The van der Waals surface area contributed by atoms with Crippen LogP contribution in [0.5, 0.6) is 0 Å². The van der Waals surface area contributed by atoms with Crippen LogP contribution in [0.15, 0.2) is 42.1 Å². The lowest BCUT2D eigenvalue weighted by molar-refractivity contribution is -0.148. The van der Waals surface area contributed by atoms with Gasteiger partial charge in [-0.1, -0.05) is 24.8 Å². The number of amides is 1. The number of methoxy groups -OCH3 is 1. The number of rotatable bonds is 2. The Kier molecular flexibility index (Phi) is 2.81. The predicted octanol–water partition coefficient (Wildman–Crippen LogP) is 1.78. The van der Waals surface area contributed by atoms with Crippen LogP contribution in [-0.2, 0) is 19.7 Å². The Bertz CT molecular complexity index is 574. The molecule has 1 amide bonds. The molecule has 0 bridgehead atoms. The van der Waals surface area contributed by atoms with Crippen molar-refractivity contribution in [3.05, 3.63) is 47.7 Å². The number of carbonyl (C=O) groups excluding carboxylic acids is 2. The van der Waals surface area contributed by atoms with Gasteiger partial charge < -0.3 is 10.1 Å². The van der Waals surface area contributed by atoms with Crippen LogP contribution in [0.4, 0.5) is 5.69 Å². The lowest BCUT2D eigenvalue weighted by Gasteiger charge is -2.24. The second-order valence-corrected chi connectivity index (χ2v) is 4.04. The van der Waals surface area contributed by atoms with Crippen molar-refractivity contribution in [3.8, 4) is 0 Å². The third-order valence-electron chi connectivity index (χ3n) is 3.24. The van der Waals surface area contributed by atoms with Gasteiger partial charge in [-0.2, -0.15) is 0 Å². The number of hydrogen-bond donors (Lipinski definition) is 1. The zero-order valence-electron chi connectivity index (χ0n) is 10.2. The van der Waals surface area contributed by atoms with Gasteiger partial charge in [-0.05, 0) is 18.6 Å². The summed E-state index contributed by atoms with van der Waals surface area (Å²) in [6.07, 6.45) is 0. The summed E-state index contributed by atoms with van der Waals surface area (Å²) in [5, 5.41) is 2.69. The SMILES string of the molecule is C=C=C(C)C1(C(=O)OC)C(=O)Nc2ccccc21. The van der Waals surface area contributed by atoms with Crippen LogP contribution in [0.3, 0.4) is 0 Å². The van der Waals surface area contributed by atoms with Crippen LogP contribution in [0.1, 0.15) is 12.5 Å². The van der Waals surface area contributed by atoms with Crippen LogP contribution in [0.25, 0.3) is 0 Å². The van der Waals surface area contributed by atoms with Gasteiger partial charge in [0.05, 0.1) is 7.11 Å². The zero-order valence-corrected chi connectivity index (χ0v) is 10.2. The van der Waals surface area contributed by atoms with Crippen molar-refractivity contribution >= 4 is 17.6 Å². The van der Waals surface area contributed by atoms with E-state index in [2.05, 4.69) is 17.6 Å². The van der Waals surface area contributed by atoms with E-state index in [9.17, 15) is 9.59 Å². The third kappa shape index (κ3) is 1.33. The molecule has 0 saturated heterocycles. The maximum Gasteiger partial charge on any atom is 0.330 e. The Morgan fingerprint density at radius 1 is 1.44 bits per heavy atom. The van der Waals surface area contributed by atoms with Gasteiger partial charge in [0.25, 0.3) is 5.91 Å². The van der Waals surface area contributed by atoms with E-state index in [1.165, 1.54) is 7.11 Å². The molecule has 0 radical (unpaired) electrons. The first kappa shape index (κ1) is 12.1. The molecule has 0 saturated carbocycles. The first-order valence-electron chi connectivity index (χ1n) is 5.45. The lowest BCUT2D eigenvalue weighted by Crippen LogP contribution is -2.44. The molecule has 1 aliphatic rings.